The van der Waals surface area contributed by atoms with Gasteiger partial charge in [-0.3, -0.25) is 13.9 Å². The minimum absolute atomic E-state index is 0.138. The molecule has 0 unspecified atom stereocenters. The Hall–Kier alpha value is -3.03. The third-order valence-electron chi connectivity index (χ3n) is 5.01. The van der Waals surface area contributed by atoms with E-state index >= 15 is 0 Å². The van der Waals surface area contributed by atoms with Gasteiger partial charge in [-0.15, -0.1) is 0 Å². The number of hydrogen-bond acceptors (Lipinski definition) is 4. The Kier molecular flexibility index (Phi) is 5.34. The van der Waals surface area contributed by atoms with Gasteiger partial charge in [0.25, 0.3) is 5.56 Å². The molecule has 3 rings (SSSR count). The molecule has 1 fully saturated rings. The maximum atomic E-state index is 12.4. The second-order valence-corrected chi connectivity index (χ2v) is 6.84. The van der Waals surface area contributed by atoms with Crippen molar-refractivity contribution in [1.29, 1.82) is 0 Å². The third-order valence-corrected chi connectivity index (χ3v) is 5.01. The largest absolute Gasteiger partial charge is 0.368 e. The fraction of sp³-hybridized carbons (Fsp3) is 0.421. The molecule has 27 heavy (non-hydrogen) atoms. The summed E-state index contributed by atoms with van der Waals surface area (Å²) in [5.74, 6) is 0. The fourth-order valence-electron chi connectivity index (χ4n) is 3.15. The summed E-state index contributed by atoms with van der Waals surface area (Å²) in [6.07, 6.45) is 0. The molecular formula is C19H25N5O3. The molecule has 1 aliphatic heterocycles. The molecule has 1 aliphatic rings. The molecule has 1 aromatic heterocycles. The Morgan fingerprint density at radius 1 is 1.00 bits per heavy atom. The Balaban J connectivity index is 1.57. The molecule has 0 bridgehead atoms. The van der Waals surface area contributed by atoms with Crippen molar-refractivity contribution in [2.75, 3.05) is 31.1 Å². The molecule has 2 aromatic rings. The summed E-state index contributed by atoms with van der Waals surface area (Å²) in [6.45, 7) is 4.97. The molecule has 2 amide bonds. The van der Waals surface area contributed by atoms with Crippen molar-refractivity contribution < 1.29 is 4.79 Å². The van der Waals surface area contributed by atoms with Crippen molar-refractivity contribution in [3.05, 3.63) is 62.4 Å². The molecule has 0 atom stereocenters. The number of piperazine rings is 1. The summed E-state index contributed by atoms with van der Waals surface area (Å²) < 4.78 is 2.41. The Morgan fingerprint density at radius 3 is 2.26 bits per heavy atom. The quantitative estimate of drug-likeness (QED) is 0.848. The van der Waals surface area contributed by atoms with Crippen molar-refractivity contribution in [3.8, 4) is 0 Å². The zero-order valence-electron chi connectivity index (χ0n) is 15.9. The van der Waals surface area contributed by atoms with E-state index in [1.165, 1.54) is 23.2 Å². The third kappa shape index (κ3) is 4.05. The van der Waals surface area contributed by atoms with Crippen LogP contribution in [0.5, 0.6) is 0 Å². The van der Waals surface area contributed by atoms with Gasteiger partial charge in [-0.05, 0) is 19.1 Å². The Morgan fingerprint density at radius 2 is 1.63 bits per heavy atom. The van der Waals surface area contributed by atoms with Gasteiger partial charge >= 0.3 is 11.7 Å². The number of nitrogens with one attached hydrogen (secondary N) is 1. The van der Waals surface area contributed by atoms with Crippen LogP contribution in [0.4, 0.5) is 10.5 Å². The summed E-state index contributed by atoms with van der Waals surface area (Å²) in [6, 6.07) is 9.55. The first-order valence-corrected chi connectivity index (χ1v) is 8.97. The van der Waals surface area contributed by atoms with Gasteiger partial charge in [0.15, 0.2) is 0 Å². The number of aromatic nitrogens is 2. The van der Waals surface area contributed by atoms with E-state index < -0.39 is 5.69 Å². The Labute approximate surface area is 157 Å². The number of aryl methyl sites for hydroxylation is 1. The van der Waals surface area contributed by atoms with Gasteiger partial charge in [-0.1, -0.05) is 17.7 Å². The van der Waals surface area contributed by atoms with Gasteiger partial charge in [0.05, 0.1) is 6.54 Å². The van der Waals surface area contributed by atoms with E-state index in [0.29, 0.717) is 18.8 Å². The van der Waals surface area contributed by atoms with Crippen molar-refractivity contribution >= 4 is 11.7 Å². The number of carbonyl (C=O) groups excluding carboxylic acids is 1. The van der Waals surface area contributed by atoms with Crippen molar-refractivity contribution in [1.82, 2.24) is 19.4 Å². The number of nitrogens with zero attached hydrogens (tertiary/aromatic N) is 4. The topological polar surface area (TPSA) is 79.6 Å². The molecule has 0 aliphatic carbocycles. The first kappa shape index (κ1) is 18.8. The lowest BCUT2D eigenvalue weighted by molar-refractivity contribution is 0.193. The van der Waals surface area contributed by atoms with Crippen molar-refractivity contribution in [2.24, 2.45) is 14.1 Å². The first-order chi connectivity index (χ1) is 12.9. The molecule has 0 radical (unpaired) electrons. The van der Waals surface area contributed by atoms with E-state index in [1.807, 2.05) is 0 Å². The highest BCUT2D eigenvalue weighted by Gasteiger charge is 2.21. The van der Waals surface area contributed by atoms with Gasteiger partial charge in [-0.25, -0.2) is 9.59 Å². The van der Waals surface area contributed by atoms with Crippen LogP contribution in [0.25, 0.3) is 0 Å². The second kappa shape index (κ2) is 7.69. The standard InChI is InChI=1S/C19H25N5O3/c1-14-4-6-15(7-5-14)23-8-10-24(11-9-23)18(26)20-13-16-12-17(25)22(3)19(27)21(16)2/h4-7,12H,8-11,13H2,1-3H3,(H,20,26). The normalized spacial score (nSPS) is 14.3. The van der Waals surface area contributed by atoms with Crippen LogP contribution in [0.3, 0.4) is 0 Å². The summed E-state index contributed by atoms with van der Waals surface area (Å²) >= 11 is 0. The van der Waals surface area contributed by atoms with E-state index in [9.17, 15) is 14.4 Å². The zero-order valence-corrected chi connectivity index (χ0v) is 15.9. The average molecular weight is 371 g/mol. The lowest BCUT2D eigenvalue weighted by Gasteiger charge is -2.36. The minimum atomic E-state index is -0.404. The number of hydrogen-bond donors (Lipinski definition) is 1. The predicted molar refractivity (Wildman–Crippen MR) is 104 cm³/mol. The molecule has 1 N–H and O–H groups in total. The maximum Gasteiger partial charge on any atom is 0.330 e. The number of urea groups is 1. The van der Waals surface area contributed by atoms with Crippen LogP contribution in [0.2, 0.25) is 0 Å². The molecule has 1 aromatic carbocycles. The van der Waals surface area contributed by atoms with Crippen LogP contribution in [0, 0.1) is 6.92 Å². The summed E-state index contributed by atoms with van der Waals surface area (Å²) in [7, 11) is 3.02. The molecule has 0 spiro atoms. The molecule has 1 saturated heterocycles. The monoisotopic (exact) mass is 371 g/mol. The highest BCUT2D eigenvalue weighted by molar-refractivity contribution is 5.74. The SMILES string of the molecule is Cc1ccc(N2CCN(C(=O)NCc3cc(=O)n(C)c(=O)n3C)CC2)cc1. The van der Waals surface area contributed by atoms with Gasteiger partial charge < -0.3 is 15.1 Å². The van der Waals surface area contributed by atoms with Crippen molar-refractivity contribution in [2.45, 2.75) is 13.5 Å². The maximum absolute atomic E-state index is 12.4. The van der Waals surface area contributed by atoms with Crippen LogP contribution in [-0.4, -0.2) is 46.2 Å². The molecule has 2 heterocycles. The second-order valence-electron chi connectivity index (χ2n) is 6.84. The first-order valence-electron chi connectivity index (χ1n) is 8.97. The highest BCUT2D eigenvalue weighted by Crippen LogP contribution is 2.17. The smallest absolute Gasteiger partial charge is 0.330 e. The van der Waals surface area contributed by atoms with Crippen LogP contribution < -0.4 is 21.5 Å². The van der Waals surface area contributed by atoms with E-state index in [0.717, 1.165) is 23.3 Å². The van der Waals surface area contributed by atoms with E-state index in [1.54, 1.807) is 11.9 Å². The van der Waals surface area contributed by atoms with Crippen molar-refractivity contribution in [3.63, 3.8) is 0 Å². The predicted octanol–water partition coefficient (Wildman–Crippen LogP) is 0.424. The van der Waals surface area contributed by atoms with E-state index in [-0.39, 0.29) is 18.1 Å². The molecule has 0 saturated carbocycles. The lowest BCUT2D eigenvalue weighted by atomic mass is 10.2. The van der Waals surface area contributed by atoms with Gasteiger partial charge in [-0.2, -0.15) is 0 Å². The summed E-state index contributed by atoms with van der Waals surface area (Å²) in [5, 5.41) is 2.81. The fourth-order valence-corrected chi connectivity index (χ4v) is 3.15. The number of amides is 2. The van der Waals surface area contributed by atoms with Gasteiger partial charge in [0.1, 0.15) is 0 Å². The van der Waals surface area contributed by atoms with Crippen LogP contribution in [0.1, 0.15) is 11.3 Å². The molecular weight excluding hydrogens is 346 g/mol. The number of benzene rings is 1. The number of carbonyl (C=O) groups is 1. The van der Waals surface area contributed by atoms with Crippen LogP contribution in [0.15, 0.2) is 39.9 Å². The van der Waals surface area contributed by atoms with E-state index in [2.05, 4.69) is 41.4 Å². The van der Waals surface area contributed by atoms with E-state index in [4.69, 9.17) is 0 Å². The molecule has 8 nitrogen and oxygen atoms in total. The molecule has 144 valence electrons. The van der Waals surface area contributed by atoms with Crippen LogP contribution in [-0.2, 0) is 20.6 Å². The molecule has 8 heteroatoms. The number of rotatable bonds is 3. The number of anilines is 1. The van der Waals surface area contributed by atoms with Gasteiger partial charge in [0.2, 0.25) is 0 Å². The summed E-state index contributed by atoms with van der Waals surface area (Å²) in [4.78, 5) is 40.2. The Bertz CT molecular complexity index is 937. The zero-order chi connectivity index (χ0) is 19.6. The average Bonchev–Trinajstić information content (AvgIpc) is 2.68. The summed E-state index contributed by atoms with van der Waals surface area (Å²) in [5.41, 5.74) is 2.08. The minimum Gasteiger partial charge on any atom is -0.368 e. The van der Waals surface area contributed by atoms with Crippen LogP contribution >= 0.6 is 0 Å². The lowest BCUT2D eigenvalue weighted by Crippen LogP contribution is -2.52. The van der Waals surface area contributed by atoms with Gasteiger partial charge in [0, 0.05) is 57.7 Å². The highest BCUT2D eigenvalue weighted by atomic mass is 16.2.